The zero-order valence-corrected chi connectivity index (χ0v) is 11.7. The van der Waals surface area contributed by atoms with Gasteiger partial charge in [-0.15, -0.1) is 0 Å². The average molecular weight is 305 g/mol. The van der Waals surface area contributed by atoms with E-state index in [9.17, 15) is 4.79 Å². The van der Waals surface area contributed by atoms with Gasteiger partial charge >= 0.3 is 0 Å². The number of carbonyl (C=O) groups excluding carboxylic acids is 1. The smallest absolute Gasteiger partial charge is 0.264 e. The number of benzene rings is 1. The van der Waals surface area contributed by atoms with Crippen molar-refractivity contribution in [3.05, 3.63) is 52.1 Å². The Kier molecular flexibility index (Phi) is 3.38. The van der Waals surface area contributed by atoms with Crippen LogP contribution >= 0.6 is 23.4 Å². The minimum atomic E-state index is -0.274. The SMILES string of the molecule is N=C1NC(=O)/C(=C\c2ccc(-c3ccc(Cl)cc3)o2)S1. The molecule has 1 aromatic heterocycles. The first-order valence-electron chi connectivity index (χ1n) is 5.77. The molecule has 4 nitrogen and oxygen atoms in total. The maximum absolute atomic E-state index is 11.5. The number of halogens is 1. The van der Waals surface area contributed by atoms with Crippen LogP contribution in [0.4, 0.5) is 0 Å². The number of furan rings is 1. The van der Waals surface area contributed by atoms with E-state index < -0.39 is 0 Å². The van der Waals surface area contributed by atoms with E-state index in [2.05, 4.69) is 5.32 Å². The Morgan fingerprint density at radius 3 is 2.60 bits per heavy atom. The van der Waals surface area contributed by atoms with Crippen LogP contribution < -0.4 is 5.32 Å². The van der Waals surface area contributed by atoms with E-state index in [0.717, 1.165) is 17.3 Å². The molecule has 1 aliphatic heterocycles. The highest BCUT2D eigenvalue weighted by Gasteiger charge is 2.22. The number of rotatable bonds is 2. The molecule has 0 atom stereocenters. The summed E-state index contributed by atoms with van der Waals surface area (Å²) in [5, 5.41) is 10.6. The summed E-state index contributed by atoms with van der Waals surface area (Å²) in [6.07, 6.45) is 1.63. The molecule has 0 bridgehead atoms. The summed E-state index contributed by atoms with van der Waals surface area (Å²) >= 11 is 6.92. The Bertz CT molecular complexity index is 719. The zero-order valence-electron chi connectivity index (χ0n) is 10.1. The van der Waals surface area contributed by atoms with Gasteiger partial charge in [0.1, 0.15) is 11.5 Å². The van der Waals surface area contributed by atoms with E-state index in [1.165, 1.54) is 0 Å². The Labute approximate surface area is 124 Å². The van der Waals surface area contributed by atoms with E-state index in [1.54, 1.807) is 24.3 Å². The molecular weight excluding hydrogens is 296 g/mol. The van der Waals surface area contributed by atoms with Crippen molar-refractivity contribution in [2.24, 2.45) is 0 Å². The largest absolute Gasteiger partial charge is 0.457 e. The van der Waals surface area contributed by atoms with E-state index >= 15 is 0 Å². The molecule has 100 valence electrons. The lowest BCUT2D eigenvalue weighted by atomic mass is 10.2. The second-order valence-corrected chi connectivity index (χ2v) is 5.59. The van der Waals surface area contributed by atoms with Crippen molar-refractivity contribution in [3.63, 3.8) is 0 Å². The monoisotopic (exact) mass is 304 g/mol. The molecule has 0 aliphatic carbocycles. The molecule has 6 heteroatoms. The molecule has 2 N–H and O–H groups in total. The second-order valence-electron chi connectivity index (χ2n) is 4.10. The number of carbonyl (C=O) groups is 1. The minimum absolute atomic E-state index is 0.130. The summed E-state index contributed by atoms with van der Waals surface area (Å²) in [6.45, 7) is 0. The highest BCUT2D eigenvalue weighted by molar-refractivity contribution is 8.18. The number of nitrogens with one attached hydrogen (secondary N) is 2. The molecule has 1 aliphatic rings. The summed E-state index contributed by atoms with van der Waals surface area (Å²) in [5.74, 6) is 0.999. The van der Waals surface area contributed by atoms with Crippen LogP contribution in [0.5, 0.6) is 0 Å². The molecule has 20 heavy (non-hydrogen) atoms. The van der Waals surface area contributed by atoms with Crippen LogP contribution in [-0.4, -0.2) is 11.1 Å². The maximum atomic E-state index is 11.5. The summed E-state index contributed by atoms with van der Waals surface area (Å²) in [4.78, 5) is 12.0. The molecular formula is C14H9ClN2O2S. The third-order valence-corrected chi connectivity index (χ3v) is 3.77. The Hall–Kier alpha value is -1.98. The Balaban J connectivity index is 1.87. The van der Waals surface area contributed by atoms with Gasteiger partial charge < -0.3 is 9.73 Å². The number of amidine groups is 1. The van der Waals surface area contributed by atoms with Crippen LogP contribution in [0.2, 0.25) is 5.02 Å². The molecule has 0 saturated carbocycles. The van der Waals surface area contributed by atoms with E-state index in [4.69, 9.17) is 21.4 Å². The lowest BCUT2D eigenvalue weighted by Gasteiger charge is -1.96. The van der Waals surface area contributed by atoms with Gasteiger partial charge in [0.25, 0.3) is 5.91 Å². The molecule has 2 aromatic rings. The highest BCUT2D eigenvalue weighted by Crippen LogP contribution is 2.28. The fourth-order valence-electron chi connectivity index (χ4n) is 1.77. The number of hydrogen-bond donors (Lipinski definition) is 2. The van der Waals surface area contributed by atoms with Crippen molar-refractivity contribution in [3.8, 4) is 11.3 Å². The van der Waals surface area contributed by atoms with Crippen LogP contribution in [0.3, 0.4) is 0 Å². The van der Waals surface area contributed by atoms with Crippen molar-refractivity contribution in [2.75, 3.05) is 0 Å². The molecule has 0 spiro atoms. The van der Waals surface area contributed by atoms with Crippen molar-refractivity contribution >= 4 is 40.5 Å². The third-order valence-electron chi connectivity index (χ3n) is 2.69. The molecule has 1 amide bonds. The summed E-state index contributed by atoms with van der Waals surface area (Å²) in [5.41, 5.74) is 0.912. The van der Waals surface area contributed by atoms with E-state index in [-0.39, 0.29) is 11.1 Å². The van der Waals surface area contributed by atoms with Crippen LogP contribution in [0, 0.1) is 5.41 Å². The number of amides is 1. The van der Waals surface area contributed by atoms with Gasteiger partial charge in [-0.2, -0.15) is 0 Å². The fraction of sp³-hybridized carbons (Fsp3) is 0. The molecule has 1 fully saturated rings. The minimum Gasteiger partial charge on any atom is -0.457 e. The summed E-state index contributed by atoms with van der Waals surface area (Å²) in [6, 6.07) is 10.9. The Morgan fingerprint density at radius 2 is 1.95 bits per heavy atom. The van der Waals surface area contributed by atoms with Crippen molar-refractivity contribution in [1.82, 2.24) is 5.32 Å². The number of hydrogen-bond acceptors (Lipinski definition) is 4. The van der Waals surface area contributed by atoms with Crippen LogP contribution in [0.25, 0.3) is 17.4 Å². The van der Waals surface area contributed by atoms with Gasteiger partial charge in [0.15, 0.2) is 5.17 Å². The van der Waals surface area contributed by atoms with Gasteiger partial charge in [-0.25, -0.2) is 0 Å². The second kappa shape index (κ2) is 5.19. The molecule has 0 unspecified atom stereocenters. The van der Waals surface area contributed by atoms with Gasteiger partial charge in [0.2, 0.25) is 0 Å². The highest BCUT2D eigenvalue weighted by atomic mass is 35.5. The van der Waals surface area contributed by atoms with Crippen LogP contribution in [0.1, 0.15) is 5.76 Å². The van der Waals surface area contributed by atoms with Crippen molar-refractivity contribution < 1.29 is 9.21 Å². The first kappa shape index (κ1) is 13.0. The van der Waals surface area contributed by atoms with Crippen molar-refractivity contribution in [2.45, 2.75) is 0 Å². The average Bonchev–Trinajstić information content (AvgIpc) is 2.98. The van der Waals surface area contributed by atoms with Crippen molar-refractivity contribution in [1.29, 1.82) is 5.41 Å². The lowest BCUT2D eigenvalue weighted by molar-refractivity contribution is -0.115. The quantitative estimate of drug-likeness (QED) is 0.831. The third kappa shape index (κ3) is 2.64. The van der Waals surface area contributed by atoms with Gasteiger partial charge in [-0.3, -0.25) is 10.2 Å². The lowest BCUT2D eigenvalue weighted by Crippen LogP contribution is -2.18. The summed E-state index contributed by atoms with van der Waals surface area (Å²) < 4.78 is 5.67. The molecule has 2 heterocycles. The molecule has 3 rings (SSSR count). The predicted molar refractivity (Wildman–Crippen MR) is 80.6 cm³/mol. The van der Waals surface area contributed by atoms with Gasteiger partial charge in [0.05, 0.1) is 4.91 Å². The van der Waals surface area contributed by atoms with E-state index in [1.807, 2.05) is 18.2 Å². The van der Waals surface area contributed by atoms with Crippen LogP contribution in [0.15, 0.2) is 45.7 Å². The normalized spacial score (nSPS) is 16.8. The molecule has 1 saturated heterocycles. The topological polar surface area (TPSA) is 66.1 Å². The van der Waals surface area contributed by atoms with Crippen LogP contribution in [-0.2, 0) is 4.79 Å². The predicted octanol–water partition coefficient (Wildman–Crippen LogP) is 3.74. The van der Waals surface area contributed by atoms with E-state index in [0.29, 0.717) is 21.4 Å². The first-order chi connectivity index (χ1) is 9.61. The standard InChI is InChI=1S/C14H9ClN2O2S/c15-9-3-1-8(2-4-9)11-6-5-10(19-11)7-12-13(18)17-14(16)20-12/h1-7H,(H2,16,17,18)/b12-7+. The molecule has 1 aromatic carbocycles. The van der Waals surface area contributed by atoms with Gasteiger partial charge in [0, 0.05) is 16.7 Å². The zero-order chi connectivity index (χ0) is 14.1. The number of thioether (sulfide) groups is 1. The van der Waals surface area contributed by atoms with Gasteiger partial charge in [-0.05, 0) is 48.2 Å². The first-order valence-corrected chi connectivity index (χ1v) is 6.96. The van der Waals surface area contributed by atoms with Gasteiger partial charge in [-0.1, -0.05) is 11.6 Å². The molecule has 0 radical (unpaired) electrons. The summed E-state index contributed by atoms with van der Waals surface area (Å²) in [7, 11) is 0. The fourth-order valence-corrected chi connectivity index (χ4v) is 2.58. The Morgan fingerprint density at radius 1 is 1.20 bits per heavy atom. The maximum Gasteiger partial charge on any atom is 0.264 e.